The molecule has 1 N–H and O–H groups in total. The fraction of sp³-hybridized carbons (Fsp3) is 0.818. The van der Waals surface area contributed by atoms with Crippen molar-refractivity contribution in [2.45, 2.75) is 51.6 Å². The number of hydrogen-bond acceptors (Lipinski definition) is 4. The van der Waals surface area contributed by atoms with Gasteiger partial charge in [0.1, 0.15) is 0 Å². The molecule has 15 heavy (non-hydrogen) atoms. The maximum Gasteiger partial charge on any atom is 0.0893 e. The van der Waals surface area contributed by atoms with Gasteiger partial charge in [0, 0.05) is 17.5 Å². The first kappa shape index (κ1) is 11.0. The molecule has 3 nitrogen and oxygen atoms in total. The Morgan fingerprint density at radius 2 is 2.27 bits per heavy atom. The molecule has 1 aromatic heterocycles. The molecule has 84 valence electrons. The Kier molecular flexibility index (Phi) is 3.36. The lowest BCUT2D eigenvalue weighted by molar-refractivity contribution is 0.212. The molecule has 0 spiro atoms. The van der Waals surface area contributed by atoms with Gasteiger partial charge in [-0.15, -0.1) is 5.10 Å². The van der Waals surface area contributed by atoms with E-state index in [9.17, 15) is 0 Å². The highest BCUT2D eigenvalue weighted by atomic mass is 32.1. The molecule has 0 radical (unpaired) electrons. The molecule has 1 fully saturated rings. The van der Waals surface area contributed by atoms with Crippen LogP contribution in [0, 0.1) is 5.92 Å². The zero-order valence-corrected chi connectivity index (χ0v) is 10.3. The molecule has 2 rings (SSSR count). The fourth-order valence-electron chi connectivity index (χ4n) is 2.14. The van der Waals surface area contributed by atoms with E-state index in [4.69, 9.17) is 0 Å². The maximum absolute atomic E-state index is 4.05. The summed E-state index contributed by atoms with van der Waals surface area (Å²) in [6, 6.07) is 0. The highest BCUT2D eigenvalue weighted by molar-refractivity contribution is 7.03. The van der Waals surface area contributed by atoms with Crippen molar-refractivity contribution in [2.75, 3.05) is 0 Å². The maximum atomic E-state index is 4.05. The summed E-state index contributed by atoms with van der Waals surface area (Å²) < 4.78 is 3.87. The first-order chi connectivity index (χ1) is 7.18. The molecule has 0 atom stereocenters. The van der Waals surface area contributed by atoms with Crippen molar-refractivity contribution >= 4 is 11.5 Å². The summed E-state index contributed by atoms with van der Waals surface area (Å²) in [4.78, 5) is 0. The van der Waals surface area contributed by atoms with E-state index in [0.717, 1.165) is 18.2 Å². The molecule has 1 aliphatic carbocycles. The van der Waals surface area contributed by atoms with E-state index in [2.05, 4.69) is 28.8 Å². The van der Waals surface area contributed by atoms with Crippen molar-refractivity contribution in [1.82, 2.24) is 14.9 Å². The van der Waals surface area contributed by atoms with Crippen LogP contribution in [0.5, 0.6) is 0 Å². The lowest BCUT2D eigenvalue weighted by Crippen LogP contribution is -2.44. The number of nitrogens with one attached hydrogen (secondary N) is 1. The summed E-state index contributed by atoms with van der Waals surface area (Å²) in [7, 11) is 0. The molecule has 1 aliphatic rings. The third-order valence-electron chi connectivity index (χ3n) is 3.48. The standard InChI is InChI=1S/C11H19N3S/c1-9-3-5-11(2,6-4-9)12-7-10-8-15-14-13-10/h8-9,12H,3-7H2,1-2H3. The first-order valence-corrected chi connectivity index (χ1v) is 6.53. The average molecular weight is 225 g/mol. The van der Waals surface area contributed by atoms with E-state index < -0.39 is 0 Å². The summed E-state index contributed by atoms with van der Waals surface area (Å²) in [5, 5.41) is 9.69. The third kappa shape index (κ3) is 2.98. The Morgan fingerprint density at radius 3 is 2.87 bits per heavy atom. The van der Waals surface area contributed by atoms with E-state index in [1.165, 1.54) is 37.2 Å². The van der Waals surface area contributed by atoms with Gasteiger partial charge in [-0.25, -0.2) is 0 Å². The molecule has 0 bridgehead atoms. The van der Waals surface area contributed by atoms with Crippen molar-refractivity contribution in [3.63, 3.8) is 0 Å². The summed E-state index contributed by atoms with van der Waals surface area (Å²) in [6.07, 6.45) is 5.26. The number of aromatic nitrogens is 2. The summed E-state index contributed by atoms with van der Waals surface area (Å²) >= 11 is 1.42. The van der Waals surface area contributed by atoms with Crippen LogP contribution in [-0.2, 0) is 6.54 Å². The zero-order chi connectivity index (χ0) is 10.7. The van der Waals surface area contributed by atoms with Crippen LogP contribution >= 0.6 is 11.5 Å². The van der Waals surface area contributed by atoms with E-state index in [0.29, 0.717) is 5.54 Å². The minimum atomic E-state index is 0.316. The lowest BCUT2D eigenvalue weighted by Gasteiger charge is -2.37. The molecule has 0 saturated heterocycles. The van der Waals surface area contributed by atoms with E-state index in [1.54, 1.807) is 0 Å². The van der Waals surface area contributed by atoms with Crippen molar-refractivity contribution in [1.29, 1.82) is 0 Å². The third-order valence-corrected chi connectivity index (χ3v) is 4.03. The Morgan fingerprint density at radius 1 is 1.53 bits per heavy atom. The molecule has 0 amide bonds. The van der Waals surface area contributed by atoms with E-state index in [-0.39, 0.29) is 0 Å². The van der Waals surface area contributed by atoms with Crippen molar-refractivity contribution in [3.05, 3.63) is 11.1 Å². The number of hydrogen-bond donors (Lipinski definition) is 1. The van der Waals surface area contributed by atoms with Gasteiger partial charge in [-0.1, -0.05) is 11.4 Å². The second-order valence-corrected chi connectivity index (χ2v) is 5.60. The van der Waals surface area contributed by atoms with Crippen molar-refractivity contribution < 1.29 is 0 Å². The van der Waals surface area contributed by atoms with Crippen LogP contribution in [0.3, 0.4) is 0 Å². The van der Waals surface area contributed by atoms with Crippen molar-refractivity contribution in [2.24, 2.45) is 5.92 Å². The van der Waals surface area contributed by atoms with Crippen molar-refractivity contribution in [3.8, 4) is 0 Å². The molecular weight excluding hydrogens is 206 g/mol. The van der Waals surface area contributed by atoms with Gasteiger partial charge in [0.2, 0.25) is 0 Å². The van der Waals surface area contributed by atoms with Gasteiger partial charge in [-0.05, 0) is 50.1 Å². The Bertz CT molecular complexity index is 289. The Hall–Kier alpha value is -0.480. The SMILES string of the molecule is CC1CCC(C)(NCc2csnn2)CC1. The van der Waals surface area contributed by atoms with Crippen LogP contribution in [0.15, 0.2) is 5.38 Å². The summed E-state index contributed by atoms with van der Waals surface area (Å²) in [5.74, 6) is 0.904. The van der Waals surface area contributed by atoms with Gasteiger partial charge in [0.25, 0.3) is 0 Å². The largest absolute Gasteiger partial charge is 0.306 e. The normalized spacial score (nSPS) is 31.7. The second kappa shape index (κ2) is 4.58. The van der Waals surface area contributed by atoms with Crippen LogP contribution < -0.4 is 5.32 Å². The second-order valence-electron chi connectivity index (χ2n) is 4.99. The Balaban J connectivity index is 1.83. The summed E-state index contributed by atoms with van der Waals surface area (Å²) in [6.45, 7) is 5.55. The van der Waals surface area contributed by atoms with Gasteiger partial charge >= 0.3 is 0 Å². The van der Waals surface area contributed by atoms with E-state index >= 15 is 0 Å². The quantitative estimate of drug-likeness (QED) is 0.859. The predicted molar refractivity (Wildman–Crippen MR) is 62.8 cm³/mol. The minimum Gasteiger partial charge on any atom is -0.306 e. The van der Waals surface area contributed by atoms with Crippen LogP contribution in [0.1, 0.15) is 45.2 Å². The lowest BCUT2D eigenvalue weighted by atomic mass is 9.78. The molecule has 0 aliphatic heterocycles. The predicted octanol–water partition coefficient (Wildman–Crippen LogP) is 2.60. The zero-order valence-electron chi connectivity index (χ0n) is 9.49. The summed E-state index contributed by atoms with van der Waals surface area (Å²) in [5.41, 5.74) is 1.38. The monoisotopic (exact) mass is 225 g/mol. The fourth-order valence-corrected chi connectivity index (χ4v) is 2.59. The molecular formula is C11H19N3S. The van der Waals surface area contributed by atoms with Gasteiger partial charge in [0.05, 0.1) is 5.69 Å². The smallest absolute Gasteiger partial charge is 0.0893 e. The average Bonchev–Trinajstić information content (AvgIpc) is 2.73. The van der Waals surface area contributed by atoms with Gasteiger partial charge in [-0.3, -0.25) is 0 Å². The molecule has 1 saturated carbocycles. The highest BCUT2D eigenvalue weighted by Crippen LogP contribution is 2.31. The van der Waals surface area contributed by atoms with Gasteiger partial charge < -0.3 is 5.32 Å². The minimum absolute atomic E-state index is 0.316. The van der Waals surface area contributed by atoms with Crippen LogP contribution in [-0.4, -0.2) is 15.1 Å². The van der Waals surface area contributed by atoms with Crippen LogP contribution in [0.4, 0.5) is 0 Å². The Labute approximate surface area is 95.4 Å². The van der Waals surface area contributed by atoms with Gasteiger partial charge in [-0.2, -0.15) is 0 Å². The molecule has 0 aromatic carbocycles. The highest BCUT2D eigenvalue weighted by Gasteiger charge is 2.28. The molecule has 4 heteroatoms. The van der Waals surface area contributed by atoms with E-state index in [1.807, 2.05) is 5.38 Å². The van der Waals surface area contributed by atoms with Crippen LogP contribution in [0.25, 0.3) is 0 Å². The first-order valence-electron chi connectivity index (χ1n) is 5.69. The van der Waals surface area contributed by atoms with Gasteiger partial charge in [0.15, 0.2) is 0 Å². The topological polar surface area (TPSA) is 37.8 Å². The molecule has 1 aromatic rings. The molecule has 0 unspecified atom stereocenters. The molecule has 1 heterocycles. The van der Waals surface area contributed by atoms with Crippen LogP contribution in [0.2, 0.25) is 0 Å². The number of rotatable bonds is 3. The number of nitrogens with zero attached hydrogens (tertiary/aromatic N) is 2.